The van der Waals surface area contributed by atoms with E-state index in [0.717, 1.165) is 19.5 Å². The predicted octanol–water partition coefficient (Wildman–Crippen LogP) is 0.00160. The van der Waals surface area contributed by atoms with E-state index in [1.54, 1.807) is 6.33 Å². The smallest absolute Gasteiger partial charge is 0.320 e. The summed E-state index contributed by atoms with van der Waals surface area (Å²) in [6.07, 6.45) is 2.63. The van der Waals surface area contributed by atoms with Crippen LogP contribution in [0.3, 0.4) is 0 Å². The lowest BCUT2D eigenvalue weighted by molar-refractivity contribution is 0.556. The van der Waals surface area contributed by atoms with E-state index in [1.807, 2.05) is 18.4 Å². The third-order valence-electron chi connectivity index (χ3n) is 3.60. The summed E-state index contributed by atoms with van der Waals surface area (Å²) in [5, 5.41) is 3.26. The molecule has 1 saturated heterocycles. The molecule has 2 aromatic heterocycles. The van der Waals surface area contributed by atoms with Gasteiger partial charge < -0.3 is 9.88 Å². The highest BCUT2D eigenvalue weighted by molar-refractivity contribution is 5.70. The fraction of sp³-hybridized carbons (Fsp3) is 0.583. The Morgan fingerprint density at radius 3 is 2.84 bits per heavy atom. The number of imidazole rings is 1. The van der Waals surface area contributed by atoms with E-state index in [0.29, 0.717) is 11.2 Å². The molecule has 7 heteroatoms. The van der Waals surface area contributed by atoms with E-state index in [1.165, 1.54) is 4.57 Å². The molecule has 2 aromatic rings. The standard InChI is InChI=1S/C12H17N5O2/c1-7(2)17-10-9(11(18)15-12(17)19)16(6-14-10)8-3-4-13-5-8/h6-8,13H,3-5H2,1-2H3,(H,15,18,19). The molecule has 0 amide bonds. The van der Waals surface area contributed by atoms with Gasteiger partial charge in [0.2, 0.25) is 0 Å². The molecule has 0 saturated carbocycles. The van der Waals surface area contributed by atoms with Crippen LogP contribution in [0.25, 0.3) is 11.2 Å². The average Bonchev–Trinajstić information content (AvgIpc) is 2.94. The van der Waals surface area contributed by atoms with Gasteiger partial charge in [0.15, 0.2) is 11.2 Å². The third kappa shape index (κ3) is 1.81. The molecule has 1 aliphatic rings. The van der Waals surface area contributed by atoms with Crippen LogP contribution in [0.4, 0.5) is 0 Å². The predicted molar refractivity (Wildman–Crippen MR) is 71.5 cm³/mol. The van der Waals surface area contributed by atoms with E-state index in [-0.39, 0.29) is 17.6 Å². The minimum absolute atomic E-state index is 0.0445. The summed E-state index contributed by atoms with van der Waals surface area (Å²) in [7, 11) is 0. The first-order valence-corrected chi connectivity index (χ1v) is 6.51. The lowest BCUT2D eigenvalue weighted by Gasteiger charge is -2.13. The van der Waals surface area contributed by atoms with Crippen LogP contribution in [0.15, 0.2) is 15.9 Å². The van der Waals surface area contributed by atoms with Crippen LogP contribution in [0, 0.1) is 0 Å². The largest absolute Gasteiger partial charge is 0.330 e. The molecule has 0 aliphatic carbocycles. The molecule has 0 bridgehead atoms. The number of rotatable bonds is 2. The van der Waals surface area contributed by atoms with Crippen molar-refractivity contribution in [2.24, 2.45) is 0 Å². The molecular formula is C12H17N5O2. The molecule has 19 heavy (non-hydrogen) atoms. The van der Waals surface area contributed by atoms with Crippen molar-refractivity contribution in [1.82, 2.24) is 24.4 Å². The van der Waals surface area contributed by atoms with Gasteiger partial charge >= 0.3 is 5.69 Å². The number of nitrogens with zero attached hydrogens (tertiary/aromatic N) is 3. The summed E-state index contributed by atoms with van der Waals surface area (Å²) < 4.78 is 3.40. The fourth-order valence-corrected chi connectivity index (χ4v) is 2.69. The number of aromatic nitrogens is 4. The second kappa shape index (κ2) is 4.34. The van der Waals surface area contributed by atoms with E-state index in [4.69, 9.17) is 0 Å². The molecule has 3 heterocycles. The van der Waals surface area contributed by atoms with Crippen LogP contribution in [0.1, 0.15) is 32.4 Å². The van der Waals surface area contributed by atoms with Crippen LogP contribution in [-0.4, -0.2) is 32.2 Å². The molecule has 0 radical (unpaired) electrons. The number of hydrogen-bond acceptors (Lipinski definition) is 4. The Hall–Kier alpha value is -1.89. The van der Waals surface area contributed by atoms with E-state index < -0.39 is 5.69 Å². The van der Waals surface area contributed by atoms with Gasteiger partial charge in [-0.2, -0.15) is 0 Å². The van der Waals surface area contributed by atoms with Gasteiger partial charge in [0.1, 0.15) is 0 Å². The molecule has 0 spiro atoms. The molecular weight excluding hydrogens is 246 g/mol. The molecule has 1 aliphatic heterocycles. The van der Waals surface area contributed by atoms with Gasteiger partial charge in [-0.05, 0) is 26.8 Å². The number of aromatic amines is 1. The summed E-state index contributed by atoms with van der Waals surface area (Å²) in [6.45, 7) is 5.56. The number of hydrogen-bond donors (Lipinski definition) is 2. The van der Waals surface area contributed by atoms with Gasteiger partial charge in [0, 0.05) is 18.6 Å². The zero-order chi connectivity index (χ0) is 13.6. The quantitative estimate of drug-likeness (QED) is 0.799. The Balaban J connectivity index is 2.31. The first-order chi connectivity index (χ1) is 9.09. The lowest BCUT2D eigenvalue weighted by Crippen LogP contribution is -2.32. The van der Waals surface area contributed by atoms with E-state index >= 15 is 0 Å². The molecule has 1 unspecified atom stereocenters. The normalized spacial score (nSPS) is 19.6. The summed E-state index contributed by atoms with van der Waals surface area (Å²) >= 11 is 0. The summed E-state index contributed by atoms with van der Waals surface area (Å²) in [5.41, 5.74) is 0.196. The maximum atomic E-state index is 12.1. The maximum Gasteiger partial charge on any atom is 0.330 e. The average molecular weight is 263 g/mol. The Bertz CT molecular complexity index is 718. The fourth-order valence-electron chi connectivity index (χ4n) is 2.69. The van der Waals surface area contributed by atoms with Crippen molar-refractivity contribution in [3.63, 3.8) is 0 Å². The second-order valence-electron chi connectivity index (χ2n) is 5.19. The van der Waals surface area contributed by atoms with Gasteiger partial charge in [-0.1, -0.05) is 0 Å². The maximum absolute atomic E-state index is 12.1. The Kier molecular flexibility index (Phi) is 2.78. The van der Waals surface area contributed by atoms with Crippen LogP contribution in [0.5, 0.6) is 0 Å². The van der Waals surface area contributed by atoms with Crippen LogP contribution in [0.2, 0.25) is 0 Å². The van der Waals surface area contributed by atoms with Gasteiger partial charge in [-0.3, -0.25) is 14.3 Å². The minimum atomic E-state index is -0.401. The Morgan fingerprint density at radius 2 is 2.21 bits per heavy atom. The summed E-state index contributed by atoms with van der Waals surface area (Å²) in [5.74, 6) is 0. The van der Waals surface area contributed by atoms with Gasteiger partial charge in [-0.25, -0.2) is 9.78 Å². The van der Waals surface area contributed by atoms with Crippen LogP contribution in [-0.2, 0) is 0 Å². The Morgan fingerprint density at radius 1 is 1.42 bits per heavy atom. The number of H-pyrrole nitrogens is 1. The topological polar surface area (TPSA) is 84.7 Å². The summed E-state index contributed by atoms with van der Waals surface area (Å²) in [4.78, 5) is 30.6. The molecule has 1 fully saturated rings. The highest BCUT2D eigenvalue weighted by Gasteiger charge is 2.22. The summed E-state index contributed by atoms with van der Waals surface area (Å²) in [6, 6.07) is 0.182. The molecule has 3 rings (SSSR count). The minimum Gasteiger partial charge on any atom is -0.320 e. The first-order valence-electron chi connectivity index (χ1n) is 6.51. The monoisotopic (exact) mass is 263 g/mol. The van der Waals surface area contributed by atoms with Crippen molar-refractivity contribution >= 4 is 11.2 Å². The molecule has 0 aromatic carbocycles. The second-order valence-corrected chi connectivity index (χ2v) is 5.19. The van der Waals surface area contributed by atoms with Gasteiger partial charge in [-0.15, -0.1) is 0 Å². The van der Waals surface area contributed by atoms with Crippen LogP contribution >= 0.6 is 0 Å². The van der Waals surface area contributed by atoms with E-state index in [2.05, 4.69) is 15.3 Å². The van der Waals surface area contributed by atoms with Crippen LogP contribution < -0.4 is 16.6 Å². The number of nitrogens with one attached hydrogen (secondary N) is 2. The zero-order valence-corrected chi connectivity index (χ0v) is 11.0. The lowest BCUT2D eigenvalue weighted by atomic mass is 10.2. The van der Waals surface area contributed by atoms with Crippen molar-refractivity contribution in [3.05, 3.63) is 27.2 Å². The highest BCUT2D eigenvalue weighted by atomic mass is 16.2. The van der Waals surface area contributed by atoms with Crippen molar-refractivity contribution < 1.29 is 0 Å². The Labute approximate surface area is 109 Å². The van der Waals surface area contributed by atoms with Crippen molar-refractivity contribution in [2.75, 3.05) is 13.1 Å². The molecule has 2 N–H and O–H groups in total. The third-order valence-corrected chi connectivity index (χ3v) is 3.60. The number of fused-ring (bicyclic) bond motifs is 1. The van der Waals surface area contributed by atoms with Gasteiger partial charge in [0.05, 0.1) is 6.33 Å². The van der Waals surface area contributed by atoms with Crippen molar-refractivity contribution in [2.45, 2.75) is 32.4 Å². The highest BCUT2D eigenvalue weighted by Crippen LogP contribution is 2.20. The molecule has 1 atom stereocenters. The van der Waals surface area contributed by atoms with Crippen molar-refractivity contribution in [1.29, 1.82) is 0 Å². The molecule has 7 nitrogen and oxygen atoms in total. The van der Waals surface area contributed by atoms with Crippen molar-refractivity contribution in [3.8, 4) is 0 Å². The zero-order valence-electron chi connectivity index (χ0n) is 11.0. The van der Waals surface area contributed by atoms with Gasteiger partial charge in [0.25, 0.3) is 5.56 Å². The molecule has 102 valence electrons. The van der Waals surface area contributed by atoms with E-state index in [9.17, 15) is 9.59 Å². The first kappa shape index (κ1) is 12.2. The SMILES string of the molecule is CC(C)n1c(=O)[nH]c(=O)c2c1ncn2C1CCNC1.